The van der Waals surface area contributed by atoms with Crippen LogP contribution in [0, 0.1) is 5.82 Å². The molecular weight excluding hydrogens is 205 g/mol. The number of halogens is 1. The van der Waals surface area contributed by atoms with Gasteiger partial charge in [0.05, 0.1) is 6.54 Å². The van der Waals surface area contributed by atoms with E-state index in [-0.39, 0.29) is 30.4 Å². The van der Waals surface area contributed by atoms with E-state index in [9.17, 15) is 14.3 Å². The number of carbonyl (C=O) groups is 1. The van der Waals surface area contributed by atoms with Gasteiger partial charge in [0.15, 0.2) is 28.8 Å². The molecule has 0 aromatic heterocycles. The molecule has 1 aliphatic rings. The molecule has 1 aliphatic heterocycles. The fraction of sp³-hybridized carbons (Fsp3) is 0.222. The van der Waals surface area contributed by atoms with Crippen LogP contribution in [0.2, 0.25) is 0 Å². The molecule has 2 rings (SSSR count). The van der Waals surface area contributed by atoms with E-state index in [1.165, 1.54) is 0 Å². The third kappa shape index (κ3) is 1.39. The zero-order chi connectivity index (χ0) is 11.0. The summed E-state index contributed by atoms with van der Waals surface area (Å²) in [5.41, 5.74) is 4.88. The number of fused-ring (bicyclic) bond motifs is 1. The molecule has 0 fully saturated rings. The van der Waals surface area contributed by atoms with Gasteiger partial charge in [0.25, 0.3) is 0 Å². The predicted molar refractivity (Wildman–Crippen MR) is 47.6 cm³/mol. The Morgan fingerprint density at radius 3 is 3.00 bits per heavy atom. The quantitative estimate of drug-likeness (QED) is 0.695. The Bertz CT molecular complexity index is 433. The molecule has 1 heterocycles. The number of carbonyl (C=O) groups excluding carboxylic acids is 1. The molecule has 0 saturated heterocycles. The van der Waals surface area contributed by atoms with Crippen LogP contribution < -0.4 is 15.2 Å². The lowest BCUT2D eigenvalue weighted by molar-refractivity contribution is 0.0993. The van der Waals surface area contributed by atoms with E-state index in [2.05, 4.69) is 0 Å². The Balaban J connectivity index is 2.65. The van der Waals surface area contributed by atoms with Crippen LogP contribution in [0.4, 0.5) is 4.39 Å². The van der Waals surface area contributed by atoms with Gasteiger partial charge in [0.2, 0.25) is 6.79 Å². The maximum atomic E-state index is 13.2. The molecule has 0 aliphatic carbocycles. The summed E-state index contributed by atoms with van der Waals surface area (Å²) >= 11 is 0. The Kier molecular flexibility index (Phi) is 2.20. The molecule has 80 valence electrons. The van der Waals surface area contributed by atoms with Gasteiger partial charge in [-0.3, -0.25) is 4.79 Å². The van der Waals surface area contributed by atoms with Crippen LogP contribution in [0.3, 0.4) is 0 Å². The number of hydrogen-bond donors (Lipinski definition) is 2. The number of Topliss-reactive ketones (excluding diaryl/α,β-unsaturated/α-hetero) is 1. The zero-order valence-electron chi connectivity index (χ0n) is 7.62. The van der Waals surface area contributed by atoms with E-state index in [0.29, 0.717) is 0 Å². The third-order valence-electron chi connectivity index (χ3n) is 2.05. The van der Waals surface area contributed by atoms with Crippen molar-refractivity contribution in [3.05, 3.63) is 17.4 Å². The molecule has 6 heteroatoms. The number of nitrogens with two attached hydrogens (primary N) is 1. The van der Waals surface area contributed by atoms with Crippen LogP contribution in [0.15, 0.2) is 6.07 Å². The van der Waals surface area contributed by atoms with E-state index in [0.717, 1.165) is 6.07 Å². The molecule has 1 aromatic carbocycles. The molecule has 0 saturated carbocycles. The summed E-state index contributed by atoms with van der Waals surface area (Å²) in [6.45, 7) is -0.449. The highest BCUT2D eigenvalue weighted by molar-refractivity contribution is 6.03. The highest BCUT2D eigenvalue weighted by Crippen LogP contribution is 2.42. The summed E-state index contributed by atoms with van der Waals surface area (Å²) in [7, 11) is 0. The van der Waals surface area contributed by atoms with Crippen LogP contribution in [0.1, 0.15) is 10.4 Å². The first-order chi connectivity index (χ1) is 7.15. The second-order valence-electron chi connectivity index (χ2n) is 2.94. The lowest BCUT2D eigenvalue weighted by Gasteiger charge is -2.06. The summed E-state index contributed by atoms with van der Waals surface area (Å²) in [4.78, 5) is 11.4. The van der Waals surface area contributed by atoms with Crippen molar-refractivity contribution in [2.24, 2.45) is 5.73 Å². The monoisotopic (exact) mass is 213 g/mol. The first kappa shape index (κ1) is 9.72. The van der Waals surface area contributed by atoms with Crippen molar-refractivity contribution in [3.8, 4) is 17.2 Å². The minimum atomic E-state index is -0.934. The van der Waals surface area contributed by atoms with Gasteiger partial charge in [-0.25, -0.2) is 4.39 Å². The average Bonchev–Trinajstić information content (AvgIpc) is 2.66. The van der Waals surface area contributed by atoms with Crippen molar-refractivity contribution in [2.45, 2.75) is 0 Å². The molecule has 0 bridgehead atoms. The number of hydrogen-bond acceptors (Lipinski definition) is 5. The third-order valence-corrected chi connectivity index (χ3v) is 2.05. The van der Waals surface area contributed by atoms with E-state index < -0.39 is 17.3 Å². The summed E-state index contributed by atoms with van der Waals surface area (Å²) in [6, 6.07) is 0.963. The van der Waals surface area contributed by atoms with Crippen molar-refractivity contribution in [1.29, 1.82) is 0 Å². The maximum Gasteiger partial charge on any atom is 0.231 e. The number of rotatable bonds is 2. The van der Waals surface area contributed by atoms with Crippen molar-refractivity contribution in [2.75, 3.05) is 13.3 Å². The first-order valence-corrected chi connectivity index (χ1v) is 4.19. The van der Waals surface area contributed by atoms with Crippen LogP contribution in [-0.2, 0) is 0 Å². The number of ether oxygens (including phenoxy) is 2. The second-order valence-corrected chi connectivity index (χ2v) is 2.94. The van der Waals surface area contributed by atoms with Gasteiger partial charge < -0.3 is 20.3 Å². The SMILES string of the molecule is NCC(=O)c1c(O)c(F)cc2c1OCO2. The van der Waals surface area contributed by atoms with E-state index >= 15 is 0 Å². The fourth-order valence-corrected chi connectivity index (χ4v) is 1.36. The Hall–Kier alpha value is -1.82. The van der Waals surface area contributed by atoms with Gasteiger partial charge in [0.1, 0.15) is 5.56 Å². The van der Waals surface area contributed by atoms with Crippen molar-refractivity contribution < 1.29 is 23.8 Å². The van der Waals surface area contributed by atoms with Gasteiger partial charge in [-0.1, -0.05) is 0 Å². The summed E-state index contributed by atoms with van der Waals surface area (Å²) < 4.78 is 23.0. The van der Waals surface area contributed by atoms with E-state index in [1.807, 2.05) is 0 Å². The summed E-state index contributed by atoms with van der Waals surface area (Å²) in [5, 5.41) is 9.38. The Morgan fingerprint density at radius 2 is 2.33 bits per heavy atom. The van der Waals surface area contributed by atoms with Crippen molar-refractivity contribution in [1.82, 2.24) is 0 Å². The number of benzene rings is 1. The summed E-state index contributed by atoms with van der Waals surface area (Å²) in [6.07, 6.45) is 0. The molecule has 0 spiro atoms. The molecule has 0 unspecified atom stereocenters. The van der Waals surface area contributed by atoms with Crippen LogP contribution in [0.5, 0.6) is 17.2 Å². The number of phenolic OH excluding ortho intramolecular Hbond substituents is 1. The molecule has 15 heavy (non-hydrogen) atoms. The Labute approximate surface area is 84.2 Å². The minimum absolute atomic E-state index is 0.0457. The molecule has 1 aromatic rings. The van der Waals surface area contributed by atoms with Crippen molar-refractivity contribution >= 4 is 5.78 Å². The van der Waals surface area contributed by atoms with E-state index in [1.54, 1.807) is 0 Å². The molecule has 5 nitrogen and oxygen atoms in total. The van der Waals surface area contributed by atoms with Gasteiger partial charge in [-0.05, 0) is 0 Å². The van der Waals surface area contributed by atoms with Crippen molar-refractivity contribution in [3.63, 3.8) is 0 Å². The van der Waals surface area contributed by atoms with Gasteiger partial charge in [-0.2, -0.15) is 0 Å². The van der Waals surface area contributed by atoms with Gasteiger partial charge >= 0.3 is 0 Å². The maximum absolute atomic E-state index is 13.2. The zero-order valence-corrected chi connectivity index (χ0v) is 7.62. The number of ketones is 1. The molecule has 0 radical (unpaired) electrons. The minimum Gasteiger partial charge on any atom is -0.504 e. The second kappa shape index (κ2) is 3.39. The Morgan fingerprint density at radius 1 is 1.60 bits per heavy atom. The topological polar surface area (TPSA) is 81.8 Å². The average molecular weight is 213 g/mol. The normalized spacial score (nSPS) is 12.9. The smallest absolute Gasteiger partial charge is 0.231 e. The molecule has 0 amide bonds. The van der Waals surface area contributed by atoms with Crippen LogP contribution in [0.25, 0.3) is 0 Å². The number of aromatic hydroxyl groups is 1. The first-order valence-electron chi connectivity index (χ1n) is 4.19. The fourth-order valence-electron chi connectivity index (χ4n) is 1.36. The molecular formula is C9H8FNO4. The number of phenols is 1. The van der Waals surface area contributed by atoms with Crippen LogP contribution in [-0.4, -0.2) is 24.2 Å². The van der Waals surface area contributed by atoms with E-state index in [4.69, 9.17) is 15.2 Å². The standard InChI is InChI=1S/C9H8FNO4/c10-4-1-6-9(15-3-14-6)7(8(4)13)5(12)2-11/h1,13H,2-3,11H2. The predicted octanol–water partition coefficient (Wildman–Crippen LogP) is 0.401. The summed E-state index contributed by atoms with van der Waals surface area (Å²) in [5.74, 6) is -2.15. The highest BCUT2D eigenvalue weighted by Gasteiger charge is 2.27. The highest BCUT2D eigenvalue weighted by atomic mass is 19.1. The van der Waals surface area contributed by atoms with Crippen LogP contribution >= 0.6 is 0 Å². The molecule has 3 N–H and O–H groups in total. The lowest BCUT2D eigenvalue weighted by atomic mass is 10.1. The largest absolute Gasteiger partial charge is 0.504 e. The molecule has 0 atom stereocenters. The van der Waals surface area contributed by atoms with Gasteiger partial charge in [-0.15, -0.1) is 0 Å². The van der Waals surface area contributed by atoms with Gasteiger partial charge in [0, 0.05) is 6.07 Å². The lowest BCUT2D eigenvalue weighted by Crippen LogP contribution is -2.14.